The molecule has 1 saturated heterocycles. The molecule has 1 heterocycles. The average Bonchev–Trinajstić information content (AvgIpc) is 2.06. The van der Waals surface area contributed by atoms with Crippen LogP contribution in [0.2, 0.25) is 0 Å². The van der Waals surface area contributed by atoms with E-state index >= 15 is 0 Å². The number of hydroxylamine groups is 2. The van der Waals surface area contributed by atoms with Crippen LogP contribution < -0.4 is 0 Å². The van der Waals surface area contributed by atoms with Crippen molar-refractivity contribution in [3.8, 4) is 0 Å². The molecule has 0 aromatic heterocycles. The van der Waals surface area contributed by atoms with Crippen LogP contribution in [0, 0.1) is 0 Å². The van der Waals surface area contributed by atoms with Crippen LogP contribution in [-0.4, -0.2) is 38.4 Å². The molecule has 0 saturated carbocycles. The topological polar surface area (TPSA) is 26.7 Å². The molecule has 1 fully saturated rings. The Labute approximate surface area is 78.9 Å². The summed E-state index contributed by atoms with van der Waals surface area (Å²) in [6, 6.07) is 0. The molecule has 0 aliphatic carbocycles. The van der Waals surface area contributed by atoms with Crippen LogP contribution >= 0.6 is 12.2 Å². The average molecular weight is 188 g/mol. The SMILES string of the molecule is CN1C(C)(C)C(=S)N(O)C1(C)C. The highest BCUT2D eigenvalue weighted by molar-refractivity contribution is 7.80. The van der Waals surface area contributed by atoms with Gasteiger partial charge in [-0.3, -0.25) is 10.1 Å². The third kappa shape index (κ3) is 0.985. The molecule has 0 atom stereocenters. The molecule has 0 aromatic rings. The smallest absolute Gasteiger partial charge is 0.125 e. The Morgan fingerprint density at radius 3 is 1.75 bits per heavy atom. The lowest BCUT2D eigenvalue weighted by molar-refractivity contribution is -0.128. The Hall–Kier alpha value is -0.190. The van der Waals surface area contributed by atoms with Crippen molar-refractivity contribution < 1.29 is 5.21 Å². The molecule has 4 heteroatoms. The first-order valence-corrected chi connectivity index (χ1v) is 4.40. The van der Waals surface area contributed by atoms with Crippen LogP contribution in [0.1, 0.15) is 27.7 Å². The van der Waals surface area contributed by atoms with Gasteiger partial charge in [0.15, 0.2) is 0 Å². The summed E-state index contributed by atoms with van der Waals surface area (Å²) in [5.41, 5.74) is -0.645. The quantitative estimate of drug-likeness (QED) is 0.582. The summed E-state index contributed by atoms with van der Waals surface area (Å²) in [6.07, 6.45) is 0. The van der Waals surface area contributed by atoms with Gasteiger partial charge in [0.25, 0.3) is 0 Å². The molecule has 0 spiro atoms. The monoisotopic (exact) mass is 188 g/mol. The lowest BCUT2D eigenvalue weighted by atomic mass is 10.1. The molecule has 1 aliphatic heterocycles. The van der Waals surface area contributed by atoms with E-state index in [1.54, 1.807) is 0 Å². The van der Waals surface area contributed by atoms with Gasteiger partial charge in [-0.2, -0.15) is 0 Å². The van der Waals surface area contributed by atoms with E-state index in [9.17, 15) is 5.21 Å². The first-order valence-electron chi connectivity index (χ1n) is 4.00. The molecule has 0 unspecified atom stereocenters. The number of likely N-dealkylation sites (N-methyl/N-ethyl adjacent to an activating group) is 1. The second-order valence-corrected chi connectivity index (χ2v) is 4.62. The van der Waals surface area contributed by atoms with E-state index < -0.39 is 5.66 Å². The van der Waals surface area contributed by atoms with Gasteiger partial charge in [-0.15, -0.1) is 0 Å². The highest BCUT2D eigenvalue weighted by Crippen LogP contribution is 2.35. The molecule has 0 radical (unpaired) electrons. The predicted molar refractivity (Wildman–Crippen MR) is 52.1 cm³/mol. The number of rotatable bonds is 0. The van der Waals surface area contributed by atoms with E-state index in [1.807, 2.05) is 34.7 Å². The van der Waals surface area contributed by atoms with Crippen molar-refractivity contribution >= 4 is 17.2 Å². The summed E-state index contributed by atoms with van der Waals surface area (Å²) in [5.74, 6) is 0. The Morgan fingerprint density at radius 2 is 1.67 bits per heavy atom. The van der Waals surface area contributed by atoms with Gasteiger partial charge in [-0.1, -0.05) is 12.2 Å². The first-order chi connectivity index (χ1) is 5.22. The van der Waals surface area contributed by atoms with Crippen molar-refractivity contribution in [2.24, 2.45) is 0 Å². The lowest BCUT2D eigenvalue weighted by Gasteiger charge is -2.35. The van der Waals surface area contributed by atoms with Crippen LogP contribution in [-0.2, 0) is 0 Å². The maximum atomic E-state index is 9.68. The van der Waals surface area contributed by atoms with Crippen LogP contribution in [0.15, 0.2) is 0 Å². The van der Waals surface area contributed by atoms with E-state index in [0.29, 0.717) is 4.99 Å². The molecule has 1 N–H and O–H groups in total. The third-order valence-electron chi connectivity index (χ3n) is 2.89. The van der Waals surface area contributed by atoms with E-state index in [-0.39, 0.29) is 5.54 Å². The molecule has 0 bridgehead atoms. The normalized spacial score (nSPS) is 28.2. The summed E-state index contributed by atoms with van der Waals surface area (Å²) in [7, 11) is 1.96. The van der Waals surface area contributed by atoms with Gasteiger partial charge < -0.3 is 0 Å². The minimum Gasteiger partial charge on any atom is -0.286 e. The second-order valence-electron chi connectivity index (χ2n) is 4.23. The molecule has 1 aliphatic rings. The van der Waals surface area contributed by atoms with Crippen molar-refractivity contribution in [1.82, 2.24) is 9.96 Å². The highest BCUT2D eigenvalue weighted by atomic mass is 32.1. The van der Waals surface area contributed by atoms with Gasteiger partial charge in [-0.25, -0.2) is 5.06 Å². The van der Waals surface area contributed by atoms with E-state index in [4.69, 9.17) is 12.2 Å². The van der Waals surface area contributed by atoms with Gasteiger partial charge in [0, 0.05) is 0 Å². The summed E-state index contributed by atoms with van der Waals surface area (Å²) >= 11 is 5.14. The summed E-state index contributed by atoms with van der Waals surface area (Å²) in [5, 5.41) is 10.9. The van der Waals surface area contributed by atoms with E-state index in [2.05, 4.69) is 4.90 Å². The van der Waals surface area contributed by atoms with Crippen LogP contribution in [0.25, 0.3) is 0 Å². The number of thiocarbonyl (C=S) groups is 1. The molecule has 3 nitrogen and oxygen atoms in total. The molecule has 0 aromatic carbocycles. The second kappa shape index (κ2) is 2.40. The van der Waals surface area contributed by atoms with Gasteiger partial charge >= 0.3 is 0 Å². The summed E-state index contributed by atoms with van der Waals surface area (Å²) < 4.78 is 0. The minimum atomic E-state index is -0.402. The molecule has 1 rings (SSSR count). The fraction of sp³-hybridized carbons (Fsp3) is 0.875. The Morgan fingerprint density at radius 1 is 1.25 bits per heavy atom. The van der Waals surface area contributed by atoms with Crippen molar-refractivity contribution in [3.63, 3.8) is 0 Å². The van der Waals surface area contributed by atoms with Gasteiger partial charge in [0.05, 0.1) is 5.54 Å². The van der Waals surface area contributed by atoms with Crippen LogP contribution in [0.4, 0.5) is 0 Å². The molecule has 12 heavy (non-hydrogen) atoms. The van der Waals surface area contributed by atoms with Crippen LogP contribution in [0.3, 0.4) is 0 Å². The van der Waals surface area contributed by atoms with Crippen molar-refractivity contribution in [1.29, 1.82) is 0 Å². The van der Waals surface area contributed by atoms with Gasteiger partial charge in [0.2, 0.25) is 0 Å². The minimum absolute atomic E-state index is 0.242. The maximum absolute atomic E-state index is 9.68. The first kappa shape index (κ1) is 9.89. The van der Waals surface area contributed by atoms with Gasteiger partial charge in [0.1, 0.15) is 10.7 Å². The summed E-state index contributed by atoms with van der Waals surface area (Å²) in [6.45, 7) is 7.89. The van der Waals surface area contributed by atoms with Crippen LogP contribution in [0.5, 0.6) is 0 Å². The predicted octanol–water partition coefficient (Wildman–Crippen LogP) is 1.47. The molecule has 0 amide bonds. The number of hydrogen-bond donors (Lipinski definition) is 1. The highest BCUT2D eigenvalue weighted by Gasteiger charge is 2.51. The third-order valence-corrected chi connectivity index (χ3v) is 3.57. The lowest BCUT2D eigenvalue weighted by Crippen LogP contribution is -2.48. The Balaban J connectivity index is 3.12. The number of hydrogen-bond acceptors (Lipinski definition) is 3. The van der Waals surface area contributed by atoms with E-state index in [1.165, 1.54) is 5.06 Å². The maximum Gasteiger partial charge on any atom is 0.125 e. The molecule has 70 valence electrons. The Kier molecular flexibility index (Phi) is 1.98. The van der Waals surface area contributed by atoms with Crippen molar-refractivity contribution in [2.45, 2.75) is 38.9 Å². The molecular formula is C8H16N2OS. The zero-order chi connectivity index (χ0) is 9.73. The number of nitrogens with zero attached hydrogens (tertiary/aromatic N) is 2. The van der Waals surface area contributed by atoms with Crippen molar-refractivity contribution in [3.05, 3.63) is 0 Å². The standard InChI is InChI=1S/C8H16N2OS/c1-7(2)6(12)10(11)8(3,4)9(7)5/h11H,1-5H3. The van der Waals surface area contributed by atoms with E-state index in [0.717, 1.165) is 0 Å². The van der Waals surface area contributed by atoms with Crippen molar-refractivity contribution in [2.75, 3.05) is 7.05 Å². The zero-order valence-corrected chi connectivity index (χ0v) is 9.07. The fourth-order valence-corrected chi connectivity index (χ4v) is 1.84. The van der Waals surface area contributed by atoms with Gasteiger partial charge in [-0.05, 0) is 34.7 Å². The fourth-order valence-electron chi connectivity index (χ4n) is 1.48. The zero-order valence-electron chi connectivity index (χ0n) is 8.25. The Bertz CT molecular complexity index is 225. The largest absolute Gasteiger partial charge is 0.286 e. The summed E-state index contributed by atoms with van der Waals surface area (Å²) in [4.78, 5) is 2.64. The molecular weight excluding hydrogens is 172 g/mol.